The van der Waals surface area contributed by atoms with Crippen LogP contribution in [0.25, 0.3) is 22.1 Å². The summed E-state index contributed by atoms with van der Waals surface area (Å²) in [6.45, 7) is 11.9. The number of fused-ring (bicyclic) bond motifs is 2. The Labute approximate surface area is 357 Å². The number of nitrogens with one attached hydrogen (secondary N) is 3. The monoisotopic (exact) mass is 843 g/mol. The number of pyridine rings is 6. The molecule has 0 radical (unpaired) electrons. The zero-order valence-electron chi connectivity index (χ0n) is 33.7. The average Bonchev–Trinajstić information content (AvgIpc) is 3.27. The largest absolute Gasteiger partial charge is 0.491 e. The summed E-state index contributed by atoms with van der Waals surface area (Å²) in [5.41, 5.74) is 7.35. The van der Waals surface area contributed by atoms with Crippen molar-refractivity contribution in [3.05, 3.63) is 109 Å². The lowest BCUT2D eigenvalue weighted by Gasteiger charge is -2.26. The summed E-state index contributed by atoms with van der Waals surface area (Å²) >= 11 is 5.96. The van der Waals surface area contributed by atoms with Crippen molar-refractivity contribution in [2.45, 2.75) is 6.92 Å². The number of rotatable bonds is 14. The van der Waals surface area contributed by atoms with Gasteiger partial charge in [-0.15, -0.1) is 5.10 Å². The maximum atomic E-state index is 5.96. The van der Waals surface area contributed by atoms with E-state index in [2.05, 4.69) is 65.9 Å². The zero-order chi connectivity index (χ0) is 41.6. The number of hydrogen-bond acceptors (Lipinski definition) is 17. The molecule has 0 aliphatic carbocycles. The van der Waals surface area contributed by atoms with E-state index in [9.17, 15) is 0 Å². The Morgan fingerprint density at radius 3 is 1.69 bits per heavy atom. The Morgan fingerprint density at radius 1 is 0.574 bits per heavy atom. The van der Waals surface area contributed by atoms with Gasteiger partial charge >= 0.3 is 0 Å². The van der Waals surface area contributed by atoms with Crippen molar-refractivity contribution >= 4 is 68.1 Å². The van der Waals surface area contributed by atoms with Crippen LogP contribution >= 0.6 is 11.6 Å². The lowest BCUT2D eigenvalue weighted by Crippen LogP contribution is -2.38. The van der Waals surface area contributed by atoms with Gasteiger partial charge in [0.15, 0.2) is 5.82 Å². The normalized spacial score (nSPS) is 14.5. The Balaban J connectivity index is 0.000000173. The second-order valence-corrected chi connectivity index (χ2v) is 14.7. The van der Waals surface area contributed by atoms with E-state index in [1.54, 1.807) is 49.4 Å². The number of hydrogen-bond donors (Lipinski definition) is 3. The SMILES string of the molecule is Cc1cnnc(Nc2ccc3ncc(Nc4cncc(OCCN5CCOCC5)c4)cc3n2)c1.Clc1ccc2ncc(Nc3cncc(OCCN4CCOCC4)c3)cc2n1. The second-order valence-electron chi connectivity index (χ2n) is 14.3. The van der Waals surface area contributed by atoms with Crippen LogP contribution in [0, 0.1) is 6.92 Å². The molecule has 0 spiro atoms. The highest BCUT2D eigenvalue weighted by Gasteiger charge is 2.12. The minimum atomic E-state index is 0.443. The number of aromatic nitrogens is 8. The summed E-state index contributed by atoms with van der Waals surface area (Å²) in [6.07, 6.45) is 12.2. The first kappa shape index (κ1) is 41.4. The van der Waals surface area contributed by atoms with Gasteiger partial charge in [-0.05, 0) is 55.0 Å². The predicted octanol–water partition coefficient (Wildman–Crippen LogP) is 6.45. The fraction of sp³-hybridized carbons (Fsp3) is 0.302. The van der Waals surface area contributed by atoms with Crippen molar-refractivity contribution in [1.82, 2.24) is 49.9 Å². The summed E-state index contributed by atoms with van der Waals surface area (Å²) in [6, 6.07) is 17.0. The molecule has 2 aliphatic heterocycles. The lowest BCUT2D eigenvalue weighted by molar-refractivity contribution is 0.0321. The van der Waals surface area contributed by atoms with Crippen LogP contribution in [-0.4, -0.2) is 129 Å². The molecular formula is C43H46ClN13O4. The molecule has 3 N–H and O–H groups in total. The number of aryl methyl sites for hydroxylation is 1. The van der Waals surface area contributed by atoms with Crippen LogP contribution in [0.5, 0.6) is 11.5 Å². The van der Waals surface area contributed by atoms with Gasteiger partial charge in [0.1, 0.15) is 35.7 Å². The molecule has 9 rings (SSSR count). The van der Waals surface area contributed by atoms with Gasteiger partial charge in [0.05, 0.1) is 115 Å². The molecule has 7 aromatic rings. The highest BCUT2D eigenvalue weighted by atomic mass is 35.5. The van der Waals surface area contributed by atoms with E-state index in [0.717, 1.165) is 128 Å². The van der Waals surface area contributed by atoms with E-state index in [1.807, 2.05) is 55.5 Å². The van der Waals surface area contributed by atoms with Crippen LogP contribution in [0.4, 0.5) is 34.4 Å². The van der Waals surface area contributed by atoms with Gasteiger partial charge in [-0.3, -0.25) is 29.7 Å². The molecule has 61 heavy (non-hydrogen) atoms. The summed E-state index contributed by atoms with van der Waals surface area (Å²) in [5, 5.41) is 18.3. The standard InChI is InChI=1S/C24H26N8O2.C19H20ClN5O2/c1-17-10-24(31-27-13-17)30-23-3-2-21-22(29-23)12-19(15-26-21)28-18-11-20(16-25-14-18)34-9-6-32-4-7-33-8-5-32;20-19-2-1-17-18(24-19)10-15(12-22-17)23-14-9-16(13-21-11-14)27-8-5-25-3-6-26-7-4-25/h2-3,10-16,28H,4-9H2,1H3,(H,29,30,31);1-2,9-13,23H,3-8H2. The van der Waals surface area contributed by atoms with Crippen LogP contribution in [-0.2, 0) is 9.47 Å². The van der Waals surface area contributed by atoms with Crippen molar-refractivity contribution in [1.29, 1.82) is 0 Å². The first-order valence-corrected chi connectivity index (χ1v) is 20.4. The third-order valence-electron chi connectivity index (χ3n) is 9.65. The van der Waals surface area contributed by atoms with Crippen LogP contribution in [0.3, 0.4) is 0 Å². The van der Waals surface area contributed by atoms with Gasteiger partial charge in [0.2, 0.25) is 0 Å². The number of anilines is 6. The fourth-order valence-electron chi connectivity index (χ4n) is 6.55. The predicted molar refractivity (Wildman–Crippen MR) is 235 cm³/mol. The van der Waals surface area contributed by atoms with Gasteiger partial charge in [-0.2, -0.15) is 5.10 Å². The van der Waals surface area contributed by atoms with E-state index >= 15 is 0 Å². The Morgan fingerprint density at radius 2 is 1.11 bits per heavy atom. The second kappa shape index (κ2) is 20.7. The third-order valence-corrected chi connectivity index (χ3v) is 9.86. The highest BCUT2D eigenvalue weighted by Crippen LogP contribution is 2.25. The summed E-state index contributed by atoms with van der Waals surface area (Å²) in [4.78, 5) is 31.1. The van der Waals surface area contributed by atoms with Crippen LogP contribution in [0.2, 0.25) is 5.15 Å². The Hall–Kier alpha value is -6.37. The Kier molecular flexibility index (Phi) is 14.1. The number of ether oxygens (including phenoxy) is 4. The summed E-state index contributed by atoms with van der Waals surface area (Å²) in [5.74, 6) is 2.76. The molecule has 0 amide bonds. The topological polar surface area (TPSA) is 183 Å². The highest BCUT2D eigenvalue weighted by molar-refractivity contribution is 6.29. The van der Waals surface area contributed by atoms with Gasteiger partial charge in [-0.1, -0.05) is 11.6 Å². The molecule has 17 nitrogen and oxygen atoms in total. The zero-order valence-corrected chi connectivity index (χ0v) is 34.5. The maximum Gasteiger partial charge on any atom is 0.154 e. The smallest absolute Gasteiger partial charge is 0.154 e. The van der Waals surface area contributed by atoms with E-state index in [1.165, 1.54) is 0 Å². The van der Waals surface area contributed by atoms with Crippen molar-refractivity contribution < 1.29 is 18.9 Å². The molecule has 0 saturated carbocycles. The van der Waals surface area contributed by atoms with Gasteiger partial charge < -0.3 is 34.9 Å². The molecule has 9 heterocycles. The van der Waals surface area contributed by atoms with Crippen molar-refractivity contribution in [3.63, 3.8) is 0 Å². The van der Waals surface area contributed by atoms with Gasteiger partial charge in [-0.25, -0.2) is 9.97 Å². The molecule has 0 bridgehead atoms. The molecular weight excluding hydrogens is 798 g/mol. The van der Waals surface area contributed by atoms with E-state index in [-0.39, 0.29) is 0 Å². The molecule has 0 unspecified atom stereocenters. The molecule has 18 heteroatoms. The number of nitrogens with zero attached hydrogens (tertiary/aromatic N) is 10. The molecule has 0 aromatic carbocycles. The first-order chi connectivity index (χ1) is 30.0. The van der Waals surface area contributed by atoms with E-state index in [0.29, 0.717) is 30.0 Å². The third kappa shape index (κ3) is 12.3. The first-order valence-electron chi connectivity index (χ1n) is 20.0. The van der Waals surface area contributed by atoms with Gasteiger partial charge in [0, 0.05) is 51.4 Å². The summed E-state index contributed by atoms with van der Waals surface area (Å²) < 4.78 is 22.5. The van der Waals surface area contributed by atoms with Crippen molar-refractivity contribution in [3.8, 4) is 11.5 Å². The Bertz CT molecular complexity index is 2520. The number of morpholine rings is 2. The van der Waals surface area contributed by atoms with Crippen LogP contribution in [0.15, 0.2) is 98.0 Å². The molecule has 2 saturated heterocycles. The maximum absolute atomic E-state index is 5.96. The van der Waals surface area contributed by atoms with Crippen LogP contribution in [0.1, 0.15) is 5.56 Å². The lowest BCUT2D eigenvalue weighted by atomic mass is 10.3. The molecule has 2 aliphatic rings. The molecule has 7 aromatic heterocycles. The summed E-state index contributed by atoms with van der Waals surface area (Å²) in [7, 11) is 0. The minimum Gasteiger partial charge on any atom is -0.491 e. The quantitative estimate of drug-likeness (QED) is 0.101. The molecule has 314 valence electrons. The number of halogens is 1. The van der Waals surface area contributed by atoms with Crippen LogP contribution < -0.4 is 25.4 Å². The average molecular weight is 844 g/mol. The minimum absolute atomic E-state index is 0.443. The fourth-order valence-corrected chi connectivity index (χ4v) is 6.71. The van der Waals surface area contributed by atoms with E-state index in [4.69, 9.17) is 30.5 Å². The molecule has 0 atom stereocenters. The van der Waals surface area contributed by atoms with Gasteiger partial charge in [0.25, 0.3) is 0 Å². The van der Waals surface area contributed by atoms with Crippen molar-refractivity contribution in [2.24, 2.45) is 0 Å². The van der Waals surface area contributed by atoms with E-state index < -0.39 is 0 Å². The molecule has 2 fully saturated rings. The van der Waals surface area contributed by atoms with Crippen molar-refractivity contribution in [2.75, 3.05) is 94.9 Å².